The van der Waals surface area contributed by atoms with Gasteiger partial charge in [-0.05, 0) is 71.6 Å². The standard InChI is InChI=1S/C27H24ClNO2/c1-3-30-27-15-20(17-29-25-16-23(28)13-11-19(25)2)12-14-26(27)31-18-22-9-6-8-21-7-4-5-10-24(21)22/h4-17H,3,18H2,1-2H3. The van der Waals surface area contributed by atoms with E-state index in [9.17, 15) is 0 Å². The first-order valence-corrected chi connectivity index (χ1v) is 10.7. The topological polar surface area (TPSA) is 30.8 Å². The summed E-state index contributed by atoms with van der Waals surface area (Å²) in [5, 5.41) is 3.07. The quantitative estimate of drug-likeness (QED) is 0.284. The summed E-state index contributed by atoms with van der Waals surface area (Å²) >= 11 is 6.10. The average Bonchev–Trinajstić information content (AvgIpc) is 2.79. The average molecular weight is 430 g/mol. The second kappa shape index (κ2) is 9.67. The highest BCUT2D eigenvalue weighted by Gasteiger charge is 2.08. The highest BCUT2D eigenvalue weighted by Crippen LogP contribution is 2.30. The third kappa shape index (κ3) is 5.07. The Hall–Kier alpha value is -3.30. The zero-order valence-electron chi connectivity index (χ0n) is 17.6. The van der Waals surface area contributed by atoms with Gasteiger partial charge in [0.15, 0.2) is 11.5 Å². The largest absolute Gasteiger partial charge is 0.490 e. The number of ether oxygens (including phenoxy) is 2. The van der Waals surface area contributed by atoms with Crippen LogP contribution in [0.3, 0.4) is 0 Å². The fourth-order valence-electron chi connectivity index (χ4n) is 3.43. The van der Waals surface area contributed by atoms with Crippen LogP contribution in [-0.4, -0.2) is 12.8 Å². The summed E-state index contributed by atoms with van der Waals surface area (Å²) < 4.78 is 12.0. The zero-order chi connectivity index (χ0) is 21.6. The van der Waals surface area contributed by atoms with Gasteiger partial charge in [-0.15, -0.1) is 0 Å². The zero-order valence-corrected chi connectivity index (χ0v) is 18.4. The van der Waals surface area contributed by atoms with Gasteiger partial charge in [-0.3, -0.25) is 4.99 Å². The maximum atomic E-state index is 6.15. The molecular weight excluding hydrogens is 406 g/mol. The minimum absolute atomic E-state index is 0.469. The molecule has 3 nitrogen and oxygen atoms in total. The van der Waals surface area contributed by atoms with Crippen molar-refractivity contribution in [2.75, 3.05) is 6.61 Å². The summed E-state index contributed by atoms with van der Waals surface area (Å²) in [6.07, 6.45) is 1.82. The summed E-state index contributed by atoms with van der Waals surface area (Å²) in [7, 11) is 0. The van der Waals surface area contributed by atoms with E-state index in [2.05, 4.69) is 35.3 Å². The number of aliphatic imine (C=N–C) groups is 1. The molecule has 156 valence electrons. The van der Waals surface area contributed by atoms with Crippen LogP contribution < -0.4 is 9.47 Å². The molecule has 0 heterocycles. The van der Waals surface area contributed by atoms with Gasteiger partial charge in [0.2, 0.25) is 0 Å². The molecule has 0 atom stereocenters. The molecule has 0 radical (unpaired) electrons. The summed E-state index contributed by atoms with van der Waals surface area (Å²) in [4.78, 5) is 4.59. The first-order chi connectivity index (χ1) is 15.1. The lowest BCUT2D eigenvalue weighted by Gasteiger charge is -2.14. The number of rotatable bonds is 7. The minimum Gasteiger partial charge on any atom is -0.490 e. The van der Waals surface area contributed by atoms with Crippen LogP contribution in [0, 0.1) is 6.92 Å². The monoisotopic (exact) mass is 429 g/mol. The van der Waals surface area contributed by atoms with Crippen molar-refractivity contribution in [3.05, 3.63) is 101 Å². The van der Waals surface area contributed by atoms with Crippen molar-refractivity contribution >= 4 is 34.3 Å². The Morgan fingerprint density at radius 1 is 0.871 bits per heavy atom. The molecule has 0 saturated heterocycles. The molecule has 0 bridgehead atoms. The van der Waals surface area contributed by atoms with Crippen LogP contribution in [0.5, 0.6) is 11.5 Å². The number of aryl methyl sites for hydroxylation is 1. The molecule has 4 rings (SSSR count). The van der Waals surface area contributed by atoms with Crippen LogP contribution in [0.15, 0.2) is 83.9 Å². The van der Waals surface area contributed by atoms with Gasteiger partial charge in [-0.25, -0.2) is 0 Å². The molecule has 0 saturated carbocycles. The van der Waals surface area contributed by atoms with Crippen molar-refractivity contribution in [1.82, 2.24) is 0 Å². The Kier molecular flexibility index (Phi) is 6.54. The van der Waals surface area contributed by atoms with Crippen LogP contribution in [0.25, 0.3) is 10.8 Å². The maximum Gasteiger partial charge on any atom is 0.161 e. The van der Waals surface area contributed by atoms with Crippen LogP contribution in [0.4, 0.5) is 5.69 Å². The van der Waals surface area contributed by atoms with Crippen LogP contribution in [0.1, 0.15) is 23.6 Å². The Bertz CT molecular complexity index is 1230. The lowest BCUT2D eigenvalue weighted by Crippen LogP contribution is -2.01. The molecule has 0 unspecified atom stereocenters. The second-order valence-electron chi connectivity index (χ2n) is 7.26. The number of hydrogen-bond donors (Lipinski definition) is 0. The van der Waals surface area contributed by atoms with E-state index in [4.69, 9.17) is 21.1 Å². The first-order valence-electron chi connectivity index (χ1n) is 10.3. The van der Waals surface area contributed by atoms with Crippen molar-refractivity contribution in [3.63, 3.8) is 0 Å². The number of fused-ring (bicyclic) bond motifs is 1. The minimum atomic E-state index is 0.469. The normalized spacial score (nSPS) is 11.2. The van der Waals surface area contributed by atoms with Gasteiger partial charge in [-0.2, -0.15) is 0 Å². The SMILES string of the molecule is CCOc1cc(C=Nc2cc(Cl)ccc2C)ccc1OCc1cccc2ccccc12. The Balaban J connectivity index is 1.56. The molecule has 4 aromatic carbocycles. The van der Waals surface area contributed by atoms with Gasteiger partial charge in [0.1, 0.15) is 6.61 Å². The fraction of sp³-hybridized carbons (Fsp3) is 0.148. The smallest absolute Gasteiger partial charge is 0.161 e. The molecule has 4 heteroatoms. The van der Waals surface area contributed by atoms with E-state index in [0.29, 0.717) is 29.7 Å². The van der Waals surface area contributed by atoms with E-state index in [1.54, 1.807) is 0 Å². The summed E-state index contributed by atoms with van der Waals surface area (Å²) in [6, 6.07) is 26.1. The van der Waals surface area contributed by atoms with Crippen molar-refractivity contribution < 1.29 is 9.47 Å². The van der Waals surface area contributed by atoms with Crippen molar-refractivity contribution in [1.29, 1.82) is 0 Å². The van der Waals surface area contributed by atoms with E-state index in [1.807, 2.05) is 68.6 Å². The predicted molar refractivity (Wildman–Crippen MR) is 129 cm³/mol. The van der Waals surface area contributed by atoms with Crippen molar-refractivity contribution in [2.24, 2.45) is 4.99 Å². The summed E-state index contributed by atoms with van der Waals surface area (Å²) in [5.41, 5.74) is 3.99. The molecular formula is C27H24ClNO2. The molecule has 31 heavy (non-hydrogen) atoms. The predicted octanol–water partition coefficient (Wildman–Crippen LogP) is 7.53. The van der Waals surface area contributed by atoms with E-state index in [1.165, 1.54) is 10.8 Å². The van der Waals surface area contributed by atoms with Crippen LogP contribution >= 0.6 is 11.6 Å². The lowest BCUT2D eigenvalue weighted by molar-refractivity contribution is 0.270. The highest BCUT2D eigenvalue weighted by molar-refractivity contribution is 6.30. The number of hydrogen-bond acceptors (Lipinski definition) is 3. The van der Waals surface area contributed by atoms with E-state index < -0.39 is 0 Å². The molecule has 0 spiro atoms. The number of halogens is 1. The van der Waals surface area contributed by atoms with Gasteiger partial charge in [0.05, 0.1) is 12.3 Å². The van der Waals surface area contributed by atoms with Gasteiger partial charge < -0.3 is 9.47 Å². The third-order valence-electron chi connectivity index (χ3n) is 5.05. The van der Waals surface area contributed by atoms with Crippen molar-refractivity contribution in [2.45, 2.75) is 20.5 Å². The van der Waals surface area contributed by atoms with E-state index >= 15 is 0 Å². The molecule has 0 aliphatic carbocycles. The molecule has 0 N–H and O–H groups in total. The molecule has 0 aliphatic heterocycles. The fourth-order valence-corrected chi connectivity index (χ4v) is 3.60. The van der Waals surface area contributed by atoms with Gasteiger partial charge in [-0.1, -0.05) is 60.1 Å². The maximum absolute atomic E-state index is 6.15. The first kappa shape index (κ1) is 21.0. The molecule has 0 aromatic heterocycles. The van der Waals surface area contributed by atoms with Gasteiger partial charge >= 0.3 is 0 Å². The Labute approximate surface area is 187 Å². The summed E-state index contributed by atoms with van der Waals surface area (Å²) in [6.45, 7) is 5.00. The Morgan fingerprint density at radius 2 is 1.71 bits per heavy atom. The highest BCUT2D eigenvalue weighted by atomic mass is 35.5. The number of benzene rings is 4. The summed E-state index contributed by atoms with van der Waals surface area (Å²) in [5.74, 6) is 1.42. The lowest BCUT2D eigenvalue weighted by atomic mass is 10.1. The van der Waals surface area contributed by atoms with Gasteiger partial charge in [0, 0.05) is 11.2 Å². The molecule has 0 amide bonds. The second-order valence-corrected chi connectivity index (χ2v) is 7.69. The third-order valence-corrected chi connectivity index (χ3v) is 5.29. The van der Waals surface area contributed by atoms with E-state index in [-0.39, 0.29) is 0 Å². The molecule has 4 aromatic rings. The van der Waals surface area contributed by atoms with E-state index in [0.717, 1.165) is 22.4 Å². The van der Waals surface area contributed by atoms with Gasteiger partial charge in [0.25, 0.3) is 0 Å². The molecule has 0 aliphatic rings. The van der Waals surface area contributed by atoms with Crippen molar-refractivity contribution in [3.8, 4) is 11.5 Å². The Morgan fingerprint density at radius 3 is 2.58 bits per heavy atom. The molecule has 0 fully saturated rings. The number of nitrogens with zero attached hydrogens (tertiary/aromatic N) is 1. The van der Waals surface area contributed by atoms with Crippen LogP contribution in [-0.2, 0) is 6.61 Å². The van der Waals surface area contributed by atoms with Crippen LogP contribution in [0.2, 0.25) is 5.02 Å².